The normalized spacial score (nSPS) is 14.6. The Labute approximate surface area is 146 Å². The van der Waals surface area contributed by atoms with Gasteiger partial charge in [0.2, 0.25) is 5.91 Å². The lowest BCUT2D eigenvalue weighted by Crippen LogP contribution is -2.50. The smallest absolute Gasteiger partial charge is 0.262 e. The number of benzene rings is 2. The van der Waals surface area contributed by atoms with Crippen molar-refractivity contribution >= 4 is 23.4 Å². The van der Waals surface area contributed by atoms with Crippen LogP contribution in [0.1, 0.15) is 40.1 Å². The maximum atomic E-state index is 12.9. The Morgan fingerprint density at radius 1 is 0.920 bits per heavy atom. The number of para-hydroxylation sites is 1. The quantitative estimate of drug-likeness (QED) is 0.872. The van der Waals surface area contributed by atoms with Gasteiger partial charge in [0.05, 0.1) is 11.1 Å². The predicted molar refractivity (Wildman–Crippen MR) is 95.4 cm³/mol. The van der Waals surface area contributed by atoms with Crippen LogP contribution in [0, 0.1) is 12.8 Å². The lowest BCUT2D eigenvalue weighted by Gasteiger charge is -2.28. The average molecular weight is 336 g/mol. The van der Waals surface area contributed by atoms with Gasteiger partial charge in [-0.2, -0.15) is 0 Å². The second-order valence-electron chi connectivity index (χ2n) is 6.52. The summed E-state index contributed by atoms with van der Waals surface area (Å²) in [5.41, 5.74) is 2.29. The summed E-state index contributed by atoms with van der Waals surface area (Å²) in [5.74, 6) is -1.41. The number of nitrogens with one attached hydrogen (secondary N) is 1. The summed E-state index contributed by atoms with van der Waals surface area (Å²) < 4.78 is 0. The molecule has 0 aliphatic carbocycles. The molecule has 0 saturated carbocycles. The third-order valence-electron chi connectivity index (χ3n) is 4.41. The Bertz CT molecular complexity index is 823. The molecule has 1 atom stereocenters. The van der Waals surface area contributed by atoms with Gasteiger partial charge in [-0.1, -0.05) is 44.2 Å². The molecule has 25 heavy (non-hydrogen) atoms. The van der Waals surface area contributed by atoms with E-state index in [9.17, 15) is 14.4 Å². The SMILES string of the molecule is Cc1ccccc1NC(=O)[C@@H](C(C)C)N1C(=O)c2ccccc2C1=O. The minimum absolute atomic E-state index is 0.216. The van der Waals surface area contributed by atoms with Crippen LogP contribution in [0.15, 0.2) is 48.5 Å². The van der Waals surface area contributed by atoms with Gasteiger partial charge in [0.25, 0.3) is 11.8 Å². The average Bonchev–Trinajstić information content (AvgIpc) is 2.83. The monoisotopic (exact) mass is 336 g/mol. The zero-order valence-corrected chi connectivity index (χ0v) is 14.4. The molecule has 1 aliphatic rings. The lowest BCUT2D eigenvalue weighted by atomic mass is 10.0. The van der Waals surface area contributed by atoms with E-state index in [1.165, 1.54) is 0 Å². The predicted octanol–water partition coefficient (Wildman–Crippen LogP) is 3.25. The molecule has 0 unspecified atom stereocenters. The number of imide groups is 1. The second kappa shape index (κ2) is 6.51. The Morgan fingerprint density at radius 3 is 1.96 bits per heavy atom. The summed E-state index contributed by atoms with van der Waals surface area (Å²) in [6.07, 6.45) is 0. The third-order valence-corrected chi connectivity index (χ3v) is 4.41. The van der Waals surface area contributed by atoms with Crippen molar-refractivity contribution in [2.24, 2.45) is 5.92 Å². The molecule has 2 aromatic rings. The number of hydrogen-bond donors (Lipinski definition) is 1. The van der Waals surface area contributed by atoms with Crippen molar-refractivity contribution in [3.8, 4) is 0 Å². The molecule has 5 nitrogen and oxygen atoms in total. The van der Waals surface area contributed by atoms with Crippen molar-refractivity contribution < 1.29 is 14.4 Å². The Balaban J connectivity index is 1.92. The fourth-order valence-electron chi connectivity index (χ4n) is 3.10. The fourth-order valence-corrected chi connectivity index (χ4v) is 3.10. The van der Waals surface area contributed by atoms with Crippen LogP contribution in [0.25, 0.3) is 0 Å². The van der Waals surface area contributed by atoms with Crippen LogP contribution in [0.2, 0.25) is 0 Å². The van der Waals surface area contributed by atoms with Gasteiger partial charge < -0.3 is 5.32 Å². The van der Waals surface area contributed by atoms with E-state index in [1.54, 1.807) is 30.3 Å². The minimum Gasteiger partial charge on any atom is -0.324 e. The number of rotatable bonds is 4. The first kappa shape index (κ1) is 16.9. The largest absolute Gasteiger partial charge is 0.324 e. The first-order valence-corrected chi connectivity index (χ1v) is 8.25. The molecule has 5 heteroatoms. The van der Waals surface area contributed by atoms with Gasteiger partial charge in [0.1, 0.15) is 6.04 Å². The molecule has 3 rings (SSSR count). The zero-order chi connectivity index (χ0) is 18.1. The van der Waals surface area contributed by atoms with Gasteiger partial charge in [0.15, 0.2) is 0 Å². The van der Waals surface area contributed by atoms with Gasteiger partial charge in [0, 0.05) is 5.69 Å². The van der Waals surface area contributed by atoms with E-state index >= 15 is 0 Å². The van der Waals surface area contributed by atoms with Crippen molar-refractivity contribution in [1.82, 2.24) is 4.90 Å². The molecule has 0 spiro atoms. The van der Waals surface area contributed by atoms with Crippen LogP contribution < -0.4 is 5.32 Å². The summed E-state index contributed by atoms with van der Waals surface area (Å²) in [5, 5.41) is 2.85. The molecule has 0 fully saturated rings. The number of hydrogen-bond acceptors (Lipinski definition) is 3. The number of fused-ring (bicyclic) bond motifs is 1. The van der Waals surface area contributed by atoms with Gasteiger partial charge in [-0.05, 0) is 36.6 Å². The highest BCUT2D eigenvalue weighted by Crippen LogP contribution is 2.28. The summed E-state index contributed by atoms with van der Waals surface area (Å²) in [6.45, 7) is 5.54. The number of aryl methyl sites for hydroxylation is 1. The van der Waals surface area contributed by atoms with Crippen molar-refractivity contribution in [3.63, 3.8) is 0 Å². The molecule has 0 radical (unpaired) electrons. The lowest BCUT2D eigenvalue weighted by molar-refractivity contribution is -0.121. The molecular weight excluding hydrogens is 316 g/mol. The maximum Gasteiger partial charge on any atom is 0.262 e. The molecule has 0 saturated heterocycles. The summed E-state index contributed by atoms with van der Waals surface area (Å²) in [6, 6.07) is 13.2. The van der Waals surface area contributed by atoms with Crippen LogP contribution in [-0.2, 0) is 4.79 Å². The first-order chi connectivity index (χ1) is 11.9. The number of carbonyl (C=O) groups excluding carboxylic acids is 3. The Kier molecular flexibility index (Phi) is 4.40. The van der Waals surface area contributed by atoms with Crippen LogP contribution in [0.5, 0.6) is 0 Å². The first-order valence-electron chi connectivity index (χ1n) is 8.25. The topological polar surface area (TPSA) is 66.5 Å². The summed E-state index contributed by atoms with van der Waals surface area (Å²) >= 11 is 0. The Morgan fingerprint density at radius 2 is 1.44 bits per heavy atom. The van der Waals surface area contributed by atoms with Crippen molar-refractivity contribution in [2.45, 2.75) is 26.8 Å². The fraction of sp³-hybridized carbons (Fsp3) is 0.250. The highest BCUT2D eigenvalue weighted by Gasteiger charge is 2.43. The summed E-state index contributed by atoms with van der Waals surface area (Å²) in [7, 11) is 0. The molecule has 1 N–H and O–H groups in total. The van der Waals surface area contributed by atoms with E-state index in [2.05, 4.69) is 5.32 Å². The Hall–Kier alpha value is -2.95. The number of carbonyl (C=O) groups is 3. The van der Waals surface area contributed by atoms with Gasteiger partial charge in [-0.15, -0.1) is 0 Å². The molecule has 128 valence electrons. The van der Waals surface area contributed by atoms with E-state index in [0.29, 0.717) is 16.8 Å². The van der Waals surface area contributed by atoms with Crippen molar-refractivity contribution in [3.05, 3.63) is 65.2 Å². The zero-order valence-electron chi connectivity index (χ0n) is 14.4. The van der Waals surface area contributed by atoms with Crippen molar-refractivity contribution in [2.75, 3.05) is 5.32 Å². The third kappa shape index (κ3) is 2.93. The van der Waals surface area contributed by atoms with Gasteiger partial charge in [-0.25, -0.2) is 0 Å². The van der Waals surface area contributed by atoms with Crippen LogP contribution >= 0.6 is 0 Å². The molecule has 0 aromatic heterocycles. The highest BCUT2D eigenvalue weighted by atomic mass is 16.2. The molecule has 3 amide bonds. The van der Waals surface area contributed by atoms with Crippen LogP contribution in [0.3, 0.4) is 0 Å². The molecule has 2 aromatic carbocycles. The van der Waals surface area contributed by atoms with Gasteiger partial charge in [-0.3, -0.25) is 19.3 Å². The summed E-state index contributed by atoms with van der Waals surface area (Å²) in [4.78, 5) is 39.4. The van der Waals surface area contributed by atoms with Crippen molar-refractivity contribution in [1.29, 1.82) is 0 Å². The molecule has 0 bridgehead atoms. The van der Waals surface area contributed by atoms with Crippen LogP contribution in [-0.4, -0.2) is 28.7 Å². The number of anilines is 1. The molecular formula is C20H20N2O3. The van der Waals surface area contributed by atoms with Gasteiger partial charge >= 0.3 is 0 Å². The minimum atomic E-state index is -0.869. The van der Waals surface area contributed by atoms with E-state index in [1.807, 2.05) is 39.0 Å². The standard InChI is InChI=1S/C20H20N2O3/c1-12(2)17(18(23)21-16-11-7-4-8-13(16)3)22-19(24)14-9-5-6-10-15(14)20(22)25/h4-12,17H,1-3H3,(H,21,23)/t17-/m1/s1. The molecule has 1 heterocycles. The van der Waals surface area contributed by atoms with E-state index in [0.717, 1.165) is 10.5 Å². The number of nitrogens with zero attached hydrogens (tertiary/aromatic N) is 1. The molecule has 1 aliphatic heterocycles. The van der Waals surface area contributed by atoms with E-state index in [4.69, 9.17) is 0 Å². The second-order valence-corrected chi connectivity index (χ2v) is 6.52. The maximum absolute atomic E-state index is 12.9. The van der Waals surface area contributed by atoms with Crippen LogP contribution in [0.4, 0.5) is 5.69 Å². The van der Waals surface area contributed by atoms with E-state index in [-0.39, 0.29) is 11.8 Å². The van der Waals surface area contributed by atoms with E-state index < -0.39 is 17.9 Å². The number of amides is 3. The highest BCUT2D eigenvalue weighted by molar-refractivity contribution is 6.23.